The molecule has 0 fully saturated rings. The number of aliphatic hydroxyl groups is 1. The fraction of sp³-hybridized carbons (Fsp3) is 1.00. The Morgan fingerprint density at radius 1 is 0.450 bits per heavy atom. The third-order valence-electron chi connectivity index (χ3n) is 2.12. The Hall–Kier alpha value is -0.950. The summed E-state index contributed by atoms with van der Waals surface area (Å²) >= 11 is 0. The first-order valence-corrected chi connectivity index (χ1v) is 3.93. The van der Waals surface area contributed by atoms with Gasteiger partial charge in [-0.3, -0.25) is 0 Å². The Kier molecular flexibility index (Phi) is 4.07. The summed E-state index contributed by atoms with van der Waals surface area (Å²) < 4.78 is 157. The van der Waals surface area contributed by atoms with Crippen LogP contribution in [0.5, 0.6) is 0 Å². The van der Waals surface area contributed by atoms with Crippen LogP contribution in [-0.4, -0.2) is 35.7 Å². The number of hydrogen-bond acceptors (Lipinski definition) is 1. The van der Waals surface area contributed by atoms with Crippen molar-refractivity contribution in [3.05, 3.63) is 0 Å². The van der Waals surface area contributed by atoms with Crippen molar-refractivity contribution in [2.24, 2.45) is 5.41 Å². The average molecular weight is 336 g/mol. The van der Waals surface area contributed by atoms with Gasteiger partial charge in [-0.15, -0.1) is 0 Å². The highest BCUT2D eigenvalue weighted by Crippen LogP contribution is 2.68. The molecule has 0 spiro atoms. The van der Waals surface area contributed by atoms with Crippen LogP contribution in [0.3, 0.4) is 0 Å². The van der Waals surface area contributed by atoms with Crippen molar-refractivity contribution in [3.8, 4) is 0 Å². The van der Waals surface area contributed by atoms with E-state index in [1.54, 1.807) is 0 Å². The van der Waals surface area contributed by atoms with Crippen LogP contribution in [0.25, 0.3) is 0 Å². The van der Waals surface area contributed by atoms with Crippen molar-refractivity contribution in [2.45, 2.75) is 30.6 Å². The van der Waals surface area contributed by atoms with Crippen LogP contribution in [0.2, 0.25) is 0 Å². The molecule has 0 atom stereocenters. The van der Waals surface area contributed by atoms with Crippen LogP contribution < -0.4 is 0 Å². The van der Waals surface area contributed by atoms with Gasteiger partial charge in [0.25, 0.3) is 0 Å². The Morgan fingerprint density at radius 2 is 0.650 bits per heavy atom. The number of rotatable bonds is 2. The second kappa shape index (κ2) is 4.27. The molecule has 0 amide bonds. The van der Waals surface area contributed by atoms with Crippen LogP contribution in [-0.2, 0) is 0 Å². The average Bonchev–Trinajstić information content (AvgIpc) is 1.89. The van der Waals surface area contributed by atoms with Crippen LogP contribution in [0, 0.1) is 5.41 Å². The van der Waals surface area contributed by atoms with Crippen molar-refractivity contribution in [1.29, 1.82) is 0 Å². The standard InChI is InChI=1S/C6HF13O/c7-2(8,6(18,19)20)1(3(9,10)11,4(12,13)14)5(15,16)17/h20H. The summed E-state index contributed by atoms with van der Waals surface area (Å²) in [7, 11) is 0. The van der Waals surface area contributed by atoms with Gasteiger partial charge in [0, 0.05) is 0 Å². The summed E-state index contributed by atoms with van der Waals surface area (Å²) in [5.41, 5.74) is -8.14. The summed E-state index contributed by atoms with van der Waals surface area (Å²) in [6.45, 7) is 0. The van der Waals surface area contributed by atoms with E-state index < -0.39 is 36.0 Å². The maximum absolute atomic E-state index is 12.6. The van der Waals surface area contributed by atoms with E-state index in [1.807, 2.05) is 0 Å². The van der Waals surface area contributed by atoms with Gasteiger partial charge in [-0.05, 0) is 0 Å². The molecule has 1 N–H and O–H groups in total. The number of alkyl halides is 13. The third kappa shape index (κ3) is 2.26. The van der Waals surface area contributed by atoms with Gasteiger partial charge in [0.15, 0.2) is 0 Å². The van der Waals surface area contributed by atoms with Crippen molar-refractivity contribution in [3.63, 3.8) is 0 Å². The van der Waals surface area contributed by atoms with Crippen LogP contribution in [0.1, 0.15) is 0 Å². The fourth-order valence-electron chi connectivity index (χ4n) is 1.24. The number of halogens is 13. The first kappa shape index (κ1) is 19.1. The van der Waals surface area contributed by atoms with E-state index in [4.69, 9.17) is 5.11 Å². The highest BCUT2D eigenvalue weighted by molar-refractivity contribution is 5.10. The summed E-state index contributed by atoms with van der Waals surface area (Å²) in [6.07, 6.45) is -31.0. The third-order valence-corrected chi connectivity index (χ3v) is 2.12. The van der Waals surface area contributed by atoms with Crippen molar-refractivity contribution in [1.82, 2.24) is 0 Å². The molecule has 0 bridgehead atoms. The topological polar surface area (TPSA) is 20.2 Å². The quantitative estimate of drug-likeness (QED) is 0.759. The lowest BCUT2D eigenvalue weighted by atomic mass is 9.77. The Labute approximate surface area is 99.5 Å². The first-order chi connectivity index (χ1) is 8.25. The summed E-state index contributed by atoms with van der Waals surface area (Å²) in [5.74, 6) is -7.95. The molecule has 0 aromatic carbocycles. The predicted octanol–water partition coefficient (Wildman–Crippen LogP) is 3.88. The van der Waals surface area contributed by atoms with Gasteiger partial charge >= 0.3 is 36.0 Å². The second-order valence-electron chi connectivity index (χ2n) is 3.36. The van der Waals surface area contributed by atoms with Gasteiger partial charge < -0.3 is 5.11 Å². The molecule has 0 aromatic heterocycles. The molecule has 0 radical (unpaired) electrons. The van der Waals surface area contributed by atoms with E-state index in [1.165, 1.54) is 0 Å². The second-order valence-corrected chi connectivity index (χ2v) is 3.36. The fourth-order valence-corrected chi connectivity index (χ4v) is 1.24. The molecular weight excluding hydrogens is 335 g/mol. The molecule has 0 aliphatic carbocycles. The smallest absolute Gasteiger partial charge is 0.332 e. The van der Waals surface area contributed by atoms with E-state index in [9.17, 15) is 57.1 Å². The van der Waals surface area contributed by atoms with Crippen LogP contribution in [0.4, 0.5) is 57.1 Å². The minimum atomic E-state index is -8.14. The van der Waals surface area contributed by atoms with E-state index in [0.717, 1.165) is 0 Å². The van der Waals surface area contributed by atoms with Gasteiger partial charge in [-0.2, -0.15) is 57.1 Å². The maximum Gasteiger partial charge on any atom is 0.418 e. The molecule has 0 aromatic rings. The van der Waals surface area contributed by atoms with Crippen LogP contribution >= 0.6 is 0 Å². The van der Waals surface area contributed by atoms with Crippen molar-refractivity contribution >= 4 is 0 Å². The largest absolute Gasteiger partial charge is 0.418 e. The van der Waals surface area contributed by atoms with Gasteiger partial charge in [-0.25, -0.2) is 0 Å². The molecule has 14 heteroatoms. The molecule has 0 aliphatic rings. The predicted molar refractivity (Wildman–Crippen MR) is 32.7 cm³/mol. The van der Waals surface area contributed by atoms with Gasteiger partial charge in [0.2, 0.25) is 0 Å². The zero-order valence-corrected chi connectivity index (χ0v) is 8.36. The van der Waals surface area contributed by atoms with E-state index in [0.29, 0.717) is 0 Å². The summed E-state index contributed by atoms with van der Waals surface area (Å²) in [6, 6.07) is 0. The van der Waals surface area contributed by atoms with Crippen LogP contribution in [0.15, 0.2) is 0 Å². The molecular formula is C6HF13O. The minimum Gasteiger partial charge on any atom is -0.332 e. The molecule has 0 heterocycles. The normalized spacial score (nSPS) is 16.5. The molecule has 122 valence electrons. The molecule has 0 aliphatic heterocycles. The molecule has 20 heavy (non-hydrogen) atoms. The van der Waals surface area contributed by atoms with Gasteiger partial charge in [-0.1, -0.05) is 0 Å². The highest BCUT2D eigenvalue weighted by atomic mass is 19.4. The Bertz CT molecular complexity index is 315. The molecule has 1 nitrogen and oxygen atoms in total. The van der Waals surface area contributed by atoms with E-state index in [-0.39, 0.29) is 0 Å². The zero-order valence-electron chi connectivity index (χ0n) is 8.36. The lowest BCUT2D eigenvalue weighted by Crippen LogP contribution is -2.73. The van der Waals surface area contributed by atoms with Crippen molar-refractivity contribution in [2.75, 3.05) is 0 Å². The van der Waals surface area contributed by atoms with Gasteiger partial charge in [0.1, 0.15) is 0 Å². The van der Waals surface area contributed by atoms with E-state index in [2.05, 4.69) is 0 Å². The lowest BCUT2D eigenvalue weighted by Gasteiger charge is -2.43. The Balaban J connectivity index is 6.83. The summed E-state index contributed by atoms with van der Waals surface area (Å²) in [5, 5.41) is 7.39. The SMILES string of the molecule is OC(F)(F)C(F)(F)C(C(F)(F)F)(C(F)(F)F)C(F)(F)F. The Morgan fingerprint density at radius 3 is 0.700 bits per heavy atom. The maximum atomic E-state index is 12.6. The lowest BCUT2D eigenvalue weighted by molar-refractivity contribution is -0.515. The number of hydrogen-bond donors (Lipinski definition) is 1. The first-order valence-electron chi connectivity index (χ1n) is 3.93. The minimum absolute atomic E-state index is 7.24. The zero-order chi connectivity index (χ0) is 17.0. The molecule has 0 rings (SSSR count). The van der Waals surface area contributed by atoms with E-state index >= 15 is 0 Å². The monoisotopic (exact) mass is 336 g/mol. The van der Waals surface area contributed by atoms with Crippen molar-refractivity contribution < 1.29 is 62.2 Å². The molecule has 0 saturated heterocycles. The highest BCUT2D eigenvalue weighted by Gasteiger charge is 2.97. The molecule has 0 unspecified atom stereocenters. The van der Waals surface area contributed by atoms with Gasteiger partial charge in [0.05, 0.1) is 0 Å². The summed E-state index contributed by atoms with van der Waals surface area (Å²) in [4.78, 5) is 0. The molecule has 0 saturated carbocycles.